The topological polar surface area (TPSA) is 12.0 Å². The summed E-state index contributed by atoms with van der Waals surface area (Å²) in [6.07, 6.45) is 10.9. The van der Waals surface area contributed by atoms with Crippen molar-refractivity contribution in [2.75, 3.05) is 0 Å². The predicted molar refractivity (Wildman–Crippen MR) is 72.8 cm³/mol. The van der Waals surface area contributed by atoms with Gasteiger partial charge in [-0.05, 0) is 37.5 Å². The Labute approximate surface area is 102 Å². The Morgan fingerprint density at radius 1 is 1.19 bits per heavy atom. The average Bonchev–Trinajstić information content (AvgIpc) is 2.55. The average molecular weight is 225 g/mol. The summed E-state index contributed by atoms with van der Waals surface area (Å²) in [7, 11) is 0. The molecule has 1 aliphatic carbocycles. The van der Waals surface area contributed by atoms with Crippen molar-refractivity contribution < 1.29 is 0 Å². The molecule has 96 valence electrons. The molecule has 0 saturated heterocycles. The van der Waals surface area contributed by atoms with Crippen LogP contribution in [-0.2, 0) is 0 Å². The van der Waals surface area contributed by atoms with Gasteiger partial charge >= 0.3 is 0 Å². The summed E-state index contributed by atoms with van der Waals surface area (Å²) in [5, 5.41) is 3.91. The molecule has 1 nitrogen and oxygen atoms in total. The molecular weight excluding hydrogens is 194 g/mol. The number of hydrogen-bond acceptors (Lipinski definition) is 1. The van der Waals surface area contributed by atoms with E-state index in [1.54, 1.807) is 0 Å². The van der Waals surface area contributed by atoms with E-state index in [0.29, 0.717) is 5.41 Å². The van der Waals surface area contributed by atoms with E-state index >= 15 is 0 Å². The Morgan fingerprint density at radius 3 is 2.44 bits per heavy atom. The first-order chi connectivity index (χ1) is 7.57. The fourth-order valence-corrected chi connectivity index (χ4v) is 3.02. The van der Waals surface area contributed by atoms with Crippen LogP contribution in [0.3, 0.4) is 0 Å². The second-order valence-corrected chi connectivity index (χ2v) is 6.40. The van der Waals surface area contributed by atoms with Gasteiger partial charge in [0.25, 0.3) is 0 Å². The van der Waals surface area contributed by atoms with E-state index in [-0.39, 0.29) is 0 Å². The van der Waals surface area contributed by atoms with Crippen LogP contribution in [0.2, 0.25) is 0 Å². The zero-order valence-corrected chi connectivity index (χ0v) is 11.8. The second kappa shape index (κ2) is 6.64. The van der Waals surface area contributed by atoms with Gasteiger partial charge in [0, 0.05) is 12.1 Å². The molecule has 1 fully saturated rings. The predicted octanol–water partition coefficient (Wildman–Crippen LogP) is 4.51. The van der Waals surface area contributed by atoms with Gasteiger partial charge in [0.2, 0.25) is 0 Å². The highest BCUT2D eigenvalue weighted by Gasteiger charge is 2.31. The fraction of sp³-hybridized carbons (Fsp3) is 1.00. The van der Waals surface area contributed by atoms with Crippen LogP contribution in [0.25, 0.3) is 0 Å². The van der Waals surface area contributed by atoms with Crippen molar-refractivity contribution in [3.8, 4) is 0 Å². The molecule has 2 atom stereocenters. The van der Waals surface area contributed by atoms with Gasteiger partial charge in [-0.25, -0.2) is 0 Å². The Bertz CT molecular complexity index is 186. The Hall–Kier alpha value is -0.0400. The third-order valence-corrected chi connectivity index (χ3v) is 3.98. The first-order valence-corrected chi connectivity index (χ1v) is 7.33. The van der Waals surface area contributed by atoms with Crippen LogP contribution in [0.15, 0.2) is 0 Å². The largest absolute Gasteiger partial charge is 0.311 e. The number of unbranched alkanes of at least 4 members (excludes halogenated alkanes) is 1. The van der Waals surface area contributed by atoms with Crippen molar-refractivity contribution in [3.63, 3.8) is 0 Å². The molecule has 16 heavy (non-hydrogen) atoms. The molecule has 1 saturated carbocycles. The molecule has 2 unspecified atom stereocenters. The van der Waals surface area contributed by atoms with Crippen LogP contribution in [-0.4, -0.2) is 12.1 Å². The van der Waals surface area contributed by atoms with E-state index in [4.69, 9.17) is 0 Å². The van der Waals surface area contributed by atoms with Crippen LogP contribution in [0, 0.1) is 5.41 Å². The van der Waals surface area contributed by atoms with E-state index in [1.165, 1.54) is 51.4 Å². The zero-order valence-electron chi connectivity index (χ0n) is 11.8. The lowest BCUT2D eigenvalue weighted by atomic mass is 9.91. The highest BCUT2D eigenvalue weighted by molar-refractivity contribution is 4.88. The van der Waals surface area contributed by atoms with Crippen molar-refractivity contribution in [2.45, 2.75) is 91.1 Å². The summed E-state index contributed by atoms with van der Waals surface area (Å²) in [4.78, 5) is 0. The number of nitrogens with one attached hydrogen (secondary N) is 1. The van der Waals surface area contributed by atoms with Crippen molar-refractivity contribution in [1.82, 2.24) is 5.32 Å². The maximum atomic E-state index is 3.91. The molecule has 0 amide bonds. The Balaban J connectivity index is 2.31. The summed E-state index contributed by atoms with van der Waals surface area (Å²) in [6, 6.07) is 1.58. The zero-order chi connectivity index (χ0) is 12.0. The first-order valence-electron chi connectivity index (χ1n) is 7.33. The van der Waals surface area contributed by atoms with Crippen LogP contribution in [0.4, 0.5) is 0 Å². The summed E-state index contributed by atoms with van der Waals surface area (Å²) >= 11 is 0. The van der Waals surface area contributed by atoms with E-state index in [9.17, 15) is 0 Å². The Kier molecular flexibility index (Phi) is 5.82. The van der Waals surface area contributed by atoms with Crippen LogP contribution in [0.1, 0.15) is 79.1 Å². The van der Waals surface area contributed by atoms with Gasteiger partial charge in [-0.2, -0.15) is 0 Å². The lowest BCUT2D eigenvalue weighted by Crippen LogP contribution is -2.37. The lowest BCUT2D eigenvalue weighted by molar-refractivity contribution is 0.336. The van der Waals surface area contributed by atoms with Crippen LogP contribution < -0.4 is 5.32 Å². The number of rotatable bonds is 7. The normalized spacial score (nSPS) is 25.9. The highest BCUT2D eigenvalue weighted by Crippen LogP contribution is 2.37. The molecule has 0 aromatic rings. The third-order valence-electron chi connectivity index (χ3n) is 3.98. The molecule has 0 aromatic carbocycles. The lowest BCUT2D eigenvalue weighted by Gasteiger charge is -2.24. The van der Waals surface area contributed by atoms with Gasteiger partial charge in [0.15, 0.2) is 0 Å². The van der Waals surface area contributed by atoms with Crippen LogP contribution >= 0.6 is 0 Å². The van der Waals surface area contributed by atoms with Crippen molar-refractivity contribution in [2.24, 2.45) is 5.41 Å². The molecule has 1 aliphatic rings. The third kappa shape index (κ3) is 4.86. The molecule has 0 aliphatic heterocycles. The minimum Gasteiger partial charge on any atom is -0.311 e. The molecule has 0 heterocycles. The van der Waals surface area contributed by atoms with Gasteiger partial charge < -0.3 is 5.32 Å². The van der Waals surface area contributed by atoms with Crippen molar-refractivity contribution in [3.05, 3.63) is 0 Å². The van der Waals surface area contributed by atoms with E-state index < -0.39 is 0 Å². The summed E-state index contributed by atoms with van der Waals surface area (Å²) in [5.41, 5.74) is 0.583. The molecule has 1 heteroatoms. The molecular formula is C15H31N. The first kappa shape index (κ1) is 14.0. The number of hydrogen-bond donors (Lipinski definition) is 1. The summed E-state index contributed by atoms with van der Waals surface area (Å²) < 4.78 is 0. The van der Waals surface area contributed by atoms with Crippen molar-refractivity contribution >= 4 is 0 Å². The Morgan fingerprint density at radius 2 is 1.94 bits per heavy atom. The minimum atomic E-state index is 0.583. The van der Waals surface area contributed by atoms with Crippen molar-refractivity contribution in [1.29, 1.82) is 0 Å². The molecule has 1 N–H and O–H groups in total. The SMILES string of the molecule is CCCCC(CCC)NC1CCC(C)(C)C1. The highest BCUT2D eigenvalue weighted by atomic mass is 15.0. The second-order valence-electron chi connectivity index (χ2n) is 6.40. The molecule has 0 bridgehead atoms. The summed E-state index contributed by atoms with van der Waals surface area (Å²) in [6.45, 7) is 9.42. The van der Waals surface area contributed by atoms with E-state index in [2.05, 4.69) is 33.0 Å². The monoisotopic (exact) mass is 225 g/mol. The molecule has 0 aromatic heterocycles. The maximum Gasteiger partial charge on any atom is 0.00749 e. The maximum absolute atomic E-state index is 3.91. The summed E-state index contributed by atoms with van der Waals surface area (Å²) in [5.74, 6) is 0. The smallest absolute Gasteiger partial charge is 0.00749 e. The van der Waals surface area contributed by atoms with E-state index in [1.807, 2.05) is 0 Å². The van der Waals surface area contributed by atoms with Gasteiger partial charge in [0.1, 0.15) is 0 Å². The van der Waals surface area contributed by atoms with Gasteiger partial charge in [-0.1, -0.05) is 47.0 Å². The molecule has 1 rings (SSSR count). The minimum absolute atomic E-state index is 0.583. The van der Waals surface area contributed by atoms with Gasteiger partial charge in [-0.15, -0.1) is 0 Å². The quantitative estimate of drug-likeness (QED) is 0.672. The molecule has 0 radical (unpaired) electrons. The fourth-order valence-electron chi connectivity index (χ4n) is 3.02. The van der Waals surface area contributed by atoms with E-state index in [0.717, 1.165) is 12.1 Å². The van der Waals surface area contributed by atoms with Crippen LogP contribution in [0.5, 0.6) is 0 Å². The van der Waals surface area contributed by atoms with Gasteiger partial charge in [-0.3, -0.25) is 0 Å². The van der Waals surface area contributed by atoms with Gasteiger partial charge in [0.05, 0.1) is 0 Å². The standard InChI is InChI=1S/C15H31N/c1-5-7-9-13(8-6-2)16-14-10-11-15(3,4)12-14/h13-14,16H,5-12H2,1-4H3. The molecule has 0 spiro atoms.